The number of benzene rings is 1. The largest absolute Gasteiger partial charge is 0.336 e. The summed E-state index contributed by atoms with van der Waals surface area (Å²) in [5, 5.41) is 14.8. The zero-order valence-corrected chi connectivity index (χ0v) is 15.7. The van der Waals surface area contributed by atoms with Crippen molar-refractivity contribution in [1.82, 2.24) is 25.4 Å². The summed E-state index contributed by atoms with van der Waals surface area (Å²) in [6.45, 7) is 0.475. The van der Waals surface area contributed by atoms with Gasteiger partial charge in [0.15, 0.2) is 5.13 Å². The maximum atomic E-state index is 13.1. The van der Waals surface area contributed by atoms with Crippen molar-refractivity contribution in [3.8, 4) is 0 Å². The maximum Gasteiger partial charge on any atom is 0.321 e. The van der Waals surface area contributed by atoms with Gasteiger partial charge in [-0.15, -0.1) is 11.3 Å². The summed E-state index contributed by atoms with van der Waals surface area (Å²) in [5.41, 5.74) is 1.73. The summed E-state index contributed by atoms with van der Waals surface area (Å²) in [6.07, 6.45) is 2.85. The van der Waals surface area contributed by atoms with Gasteiger partial charge in [0.25, 0.3) is 5.91 Å². The number of thiazole rings is 1. The molecule has 28 heavy (non-hydrogen) atoms. The first-order valence-corrected chi connectivity index (χ1v) is 9.15. The number of urea groups is 1. The summed E-state index contributed by atoms with van der Waals surface area (Å²) in [7, 11) is 1.65. The Hall–Kier alpha value is -3.40. The lowest BCUT2D eigenvalue weighted by atomic mass is 10.2. The van der Waals surface area contributed by atoms with Crippen LogP contribution in [0.2, 0.25) is 0 Å². The first-order valence-electron chi connectivity index (χ1n) is 8.27. The van der Waals surface area contributed by atoms with E-state index in [0.717, 1.165) is 0 Å². The molecule has 0 saturated heterocycles. The van der Waals surface area contributed by atoms with Crippen molar-refractivity contribution in [2.45, 2.75) is 13.1 Å². The molecule has 0 aliphatic rings. The monoisotopic (exact) mass is 400 g/mol. The molecule has 1 aromatic carbocycles. The topological polar surface area (TPSA) is 100 Å². The van der Waals surface area contributed by atoms with E-state index in [2.05, 4.69) is 25.8 Å². The second-order valence-electron chi connectivity index (χ2n) is 5.87. The Labute approximate surface area is 164 Å². The third-order valence-corrected chi connectivity index (χ3v) is 4.50. The highest BCUT2D eigenvalue weighted by molar-refractivity contribution is 7.13. The van der Waals surface area contributed by atoms with Gasteiger partial charge in [0.05, 0.1) is 30.2 Å². The molecule has 3 rings (SSSR count). The van der Waals surface area contributed by atoms with E-state index in [1.165, 1.54) is 40.8 Å². The average Bonchev–Trinajstić information content (AvgIpc) is 3.13. The van der Waals surface area contributed by atoms with Crippen molar-refractivity contribution in [3.63, 3.8) is 0 Å². The van der Waals surface area contributed by atoms with Crippen LogP contribution < -0.4 is 10.6 Å². The minimum atomic E-state index is -0.447. The van der Waals surface area contributed by atoms with Crippen molar-refractivity contribution in [2.24, 2.45) is 0 Å². The van der Waals surface area contributed by atoms with Gasteiger partial charge in [-0.2, -0.15) is 10.2 Å². The van der Waals surface area contributed by atoms with Gasteiger partial charge >= 0.3 is 6.03 Å². The maximum absolute atomic E-state index is 13.1. The molecule has 2 heterocycles. The van der Waals surface area contributed by atoms with Crippen molar-refractivity contribution in [3.05, 3.63) is 70.7 Å². The van der Waals surface area contributed by atoms with Crippen LogP contribution in [-0.4, -0.2) is 39.1 Å². The van der Waals surface area contributed by atoms with Crippen LogP contribution in [-0.2, 0) is 13.1 Å². The second-order valence-corrected chi connectivity index (χ2v) is 6.73. The van der Waals surface area contributed by atoms with Gasteiger partial charge in [-0.3, -0.25) is 10.1 Å². The molecule has 3 amide bonds. The van der Waals surface area contributed by atoms with Crippen LogP contribution in [0, 0.1) is 5.82 Å². The minimum absolute atomic E-state index is 0.193. The lowest BCUT2D eigenvalue weighted by Crippen LogP contribution is -2.28. The first-order chi connectivity index (χ1) is 13.5. The fourth-order valence-corrected chi connectivity index (χ4v) is 3.06. The number of nitrogens with zero attached hydrogens (tertiary/aromatic N) is 4. The van der Waals surface area contributed by atoms with E-state index in [-0.39, 0.29) is 24.8 Å². The molecule has 8 nitrogen and oxygen atoms in total. The highest BCUT2D eigenvalue weighted by atomic mass is 32.1. The number of carbonyl (C=O) groups is 2. The van der Waals surface area contributed by atoms with E-state index in [1.807, 2.05) is 0 Å². The van der Waals surface area contributed by atoms with Crippen LogP contribution in [0.4, 0.5) is 14.3 Å². The summed E-state index contributed by atoms with van der Waals surface area (Å²) in [5.74, 6) is -0.560. The molecule has 2 aromatic heterocycles. The molecule has 3 aromatic rings. The summed E-state index contributed by atoms with van der Waals surface area (Å²) < 4.78 is 13.1. The van der Waals surface area contributed by atoms with Crippen LogP contribution in [0.1, 0.15) is 21.6 Å². The Kier molecular flexibility index (Phi) is 6.22. The lowest BCUT2D eigenvalue weighted by molar-refractivity contribution is 0.0783. The molecule has 0 atom stereocenters. The second kappa shape index (κ2) is 9.00. The summed E-state index contributed by atoms with van der Waals surface area (Å²) >= 11 is 1.25. The number of anilines is 1. The van der Waals surface area contributed by atoms with Gasteiger partial charge in [-0.1, -0.05) is 12.1 Å². The number of hydrogen-bond donors (Lipinski definition) is 2. The molecule has 0 bridgehead atoms. The van der Waals surface area contributed by atoms with Crippen LogP contribution in [0.3, 0.4) is 0 Å². The fraction of sp³-hybridized carbons (Fsp3) is 0.167. The average molecular weight is 400 g/mol. The standard InChI is InChI=1S/C18H17FN6O2S/c1-25(16(26)13-5-6-21-22-9-13)10-15-11-28-18(23-15)24-17(27)20-8-12-3-2-4-14(19)7-12/h2-7,9,11H,8,10H2,1H3,(H2,20,23,24,27). The predicted molar refractivity (Wildman–Crippen MR) is 102 cm³/mol. The molecular weight excluding hydrogens is 383 g/mol. The SMILES string of the molecule is CN(Cc1csc(NC(=O)NCc2cccc(F)c2)n1)C(=O)c1ccnnc1. The minimum Gasteiger partial charge on any atom is -0.336 e. The van der Waals surface area contributed by atoms with Crippen molar-refractivity contribution in [1.29, 1.82) is 0 Å². The molecule has 0 fully saturated rings. The van der Waals surface area contributed by atoms with Crippen LogP contribution >= 0.6 is 11.3 Å². The predicted octanol–water partition coefficient (Wildman–Crippen LogP) is 2.67. The number of carbonyl (C=O) groups excluding carboxylic acids is 2. The normalized spacial score (nSPS) is 10.4. The van der Waals surface area contributed by atoms with Gasteiger partial charge in [-0.05, 0) is 23.8 Å². The Morgan fingerprint density at radius 3 is 2.86 bits per heavy atom. The molecule has 0 radical (unpaired) electrons. The summed E-state index contributed by atoms with van der Waals surface area (Å²) in [4.78, 5) is 30.1. The third-order valence-electron chi connectivity index (χ3n) is 3.69. The van der Waals surface area contributed by atoms with Crippen molar-refractivity contribution >= 4 is 28.4 Å². The van der Waals surface area contributed by atoms with E-state index >= 15 is 0 Å². The highest BCUT2D eigenvalue weighted by Crippen LogP contribution is 2.17. The molecule has 0 unspecified atom stereocenters. The molecule has 0 spiro atoms. The Morgan fingerprint density at radius 1 is 1.25 bits per heavy atom. The van der Waals surface area contributed by atoms with Gasteiger partial charge in [-0.25, -0.2) is 14.2 Å². The Bertz CT molecular complexity index is 965. The van der Waals surface area contributed by atoms with Gasteiger partial charge in [0, 0.05) is 19.0 Å². The molecule has 10 heteroatoms. The quantitative estimate of drug-likeness (QED) is 0.663. The number of hydrogen-bond acceptors (Lipinski definition) is 6. The first kappa shape index (κ1) is 19.4. The van der Waals surface area contributed by atoms with E-state index in [0.29, 0.717) is 22.0 Å². The Morgan fingerprint density at radius 2 is 2.11 bits per heavy atom. The molecule has 0 saturated carbocycles. The number of rotatable bonds is 6. The van der Waals surface area contributed by atoms with Gasteiger partial charge < -0.3 is 10.2 Å². The fourth-order valence-electron chi connectivity index (χ4n) is 2.36. The molecule has 0 aliphatic carbocycles. The number of amides is 3. The summed E-state index contributed by atoms with van der Waals surface area (Å²) in [6, 6.07) is 7.13. The molecular formula is C18H17FN6O2S. The third kappa shape index (κ3) is 5.30. The number of aromatic nitrogens is 3. The van der Waals surface area contributed by atoms with E-state index in [4.69, 9.17) is 0 Å². The molecule has 0 aliphatic heterocycles. The highest BCUT2D eigenvalue weighted by Gasteiger charge is 2.14. The number of halogens is 1. The molecule has 144 valence electrons. The van der Waals surface area contributed by atoms with E-state index in [1.54, 1.807) is 30.6 Å². The van der Waals surface area contributed by atoms with Crippen molar-refractivity contribution in [2.75, 3.05) is 12.4 Å². The zero-order chi connectivity index (χ0) is 19.9. The number of nitrogens with one attached hydrogen (secondary N) is 2. The molecule has 2 N–H and O–H groups in total. The Balaban J connectivity index is 1.50. The van der Waals surface area contributed by atoms with E-state index in [9.17, 15) is 14.0 Å². The van der Waals surface area contributed by atoms with Crippen molar-refractivity contribution < 1.29 is 14.0 Å². The van der Waals surface area contributed by atoms with Crippen LogP contribution in [0.15, 0.2) is 48.1 Å². The van der Waals surface area contributed by atoms with Gasteiger partial charge in [0.1, 0.15) is 5.82 Å². The van der Waals surface area contributed by atoms with Gasteiger partial charge in [0.2, 0.25) is 0 Å². The zero-order valence-electron chi connectivity index (χ0n) is 14.9. The smallest absolute Gasteiger partial charge is 0.321 e. The van der Waals surface area contributed by atoms with Crippen LogP contribution in [0.5, 0.6) is 0 Å². The lowest BCUT2D eigenvalue weighted by Gasteiger charge is -2.15. The van der Waals surface area contributed by atoms with Crippen LogP contribution in [0.25, 0.3) is 0 Å². The van der Waals surface area contributed by atoms with E-state index < -0.39 is 6.03 Å².